The Morgan fingerprint density at radius 1 is 0.840 bits per heavy atom. The first-order chi connectivity index (χ1) is 12.2. The Kier molecular flexibility index (Phi) is 2.82. The predicted octanol–water partition coefficient (Wildman–Crippen LogP) is 4.16. The molecule has 6 heteroatoms. The Morgan fingerprint density at radius 2 is 1.64 bits per heavy atom. The van der Waals surface area contributed by atoms with Crippen LogP contribution in [0.5, 0.6) is 0 Å². The molecule has 4 nitrogen and oxygen atoms in total. The summed E-state index contributed by atoms with van der Waals surface area (Å²) < 4.78 is 30.5. The molecule has 0 radical (unpaired) electrons. The van der Waals surface area contributed by atoms with Crippen molar-refractivity contribution >= 4 is 16.9 Å². The second-order valence-corrected chi connectivity index (χ2v) is 5.71. The van der Waals surface area contributed by atoms with Crippen molar-refractivity contribution in [2.75, 3.05) is 0 Å². The van der Waals surface area contributed by atoms with Crippen LogP contribution in [0.3, 0.4) is 0 Å². The summed E-state index contributed by atoms with van der Waals surface area (Å²) in [6, 6.07) is 13.0. The van der Waals surface area contributed by atoms with Gasteiger partial charge in [-0.15, -0.1) is 0 Å². The number of hydrogen-bond donors (Lipinski definition) is 0. The largest absolute Gasteiger partial charge is 0.247 e. The first-order valence-electron chi connectivity index (χ1n) is 7.69. The highest BCUT2D eigenvalue weighted by molar-refractivity contribution is 6.20. The van der Waals surface area contributed by atoms with Gasteiger partial charge in [-0.3, -0.25) is 0 Å². The fourth-order valence-electron chi connectivity index (χ4n) is 3.21. The molecule has 120 valence electrons. The highest BCUT2D eigenvalue weighted by atomic mass is 19.1. The van der Waals surface area contributed by atoms with Gasteiger partial charge in [-0.2, -0.15) is 5.10 Å². The maximum atomic E-state index is 14.4. The number of aliphatic imine (C=N–C) groups is 1. The molecule has 3 heterocycles. The van der Waals surface area contributed by atoms with Gasteiger partial charge in [0.2, 0.25) is 0 Å². The number of hydrogen-bond acceptors (Lipinski definition) is 3. The third-order valence-electron chi connectivity index (χ3n) is 4.30. The van der Waals surface area contributed by atoms with E-state index in [0.717, 1.165) is 5.56 Å². The molecule has 1 aliphatic heterocycles. The number of nitrogens with zero attached hydrogens (tertiary/aromatic N) is 4. The van der Waals surface area contributed by atoms with Crippen LogP contribution in [0, 0.1) is 11.6 Å². The van der Waals surface area contributed by atoms with E-state index in [1.807, 2.05) is 18.2 Å². The minimum absolute atomic E-state index is 0.151. The van der Waals surface area contributed by atoms with Gasteiger partial charge in [0.15, 0.2) is 0 Å². The molecular formula is C19H10F2N4. The van der Waals surface area contributed by atoms with Gasteiger partial charge >= 0.3 is 0 Å². The lowest BCUT2D eigenvalue weighted by molar-refractivity contribution is 0.579. The van der Waals surface area contributed by atoms with Crippen LogP contribution in [-0.4, -0.2) is 20.3 Å². The number of para-hydroxylation sites is 1. The van der Waals surface area contributed by atoms with Crippen molar-refractivity contribution in [2.24, 2.45) is 4.99 Å². The normalized spacial score (nSPS) is 12.6. The van der Waals surface area contributed by atoms with Gasteiger partial charge in [0, 0.05) is 17.3 Å². The molecular weight excluding hydrogens is 322 g/mol. The van der Waals surface area contributed by atoms with E-state index in [2.05, 4.69) is 15.1 Å². The summed E-state index contributed by atoms with van der Waals surface area (Å²) in [5, 5.41) is 4.20. The third-order valence-corrected chi connectivity index (χ3v) is 4.30. The number of rotatable bonds is 1. The molecule has 4 aromatic rings. The van der Waals surface area contributed by atoms with Crippen LogP contribution in [-0.2, 0) is 0 Å². The number of fused-ring (bicyclic) bond motifs is 2. The lowest BCUT2D eigenvalue weighted by Crippen LogP contribution is -2.08. The van der Waals surface area contributed by atoms with E-state index in [1.54, 1.807) is 22.8 Å². The molecule has 0 fully saturated rings. The summed E-state index contributed by atoms with van der Waals surface area (Å²) in [6.45, 7) is 0. The Hall–Kier alpha value is -3.41. The van der Waals surface area contributed by atoms with E-state index >= 15 is 0 Å². The third kappa shape index (κ3) is 1.94. The van der Waals surface area contributed by atoms with E-state index in [4.69, 9.17) is 0 Å². The molecule has 0 unspecified atom stereocenters. The van der Waals surface area contributed by atoms with Crippen LogP contribution in [0.15, 0.2) is 66.0 Å². The fourth-order valence-corrected chi connectivity index (χ4v) is 3.21. The van der Waals surface area contributed by atoms with Gasteiger partial charge in [0.05, 0.1) is 17.0 Å². The van der Waals surface area contributed by atoms with Crippen LogP contribution in [0.2, 0.25) is 0 Å². The molecule has 1 aliphatic rings. The zero-order valence-corrected chi connectivity index (χ0v) is 12.8. The maximum Gasteiger partial charge on any atom is 0.137 e. The number of aromatic nitrogens is 3. The Bertz CT molecular complexity index is 1160. The molecule has 0 aliphatic carbocycles. The highest BCUT2D eigenvalue weighted by Crippen LogP contribution is 2.38. The molecule has 2 aromatic heterocycles. The van der Waals surface area contributed by atoms with Crippen molar-refractivity contribution in [3.8, 4) is 11.3 Å². The highest BCUT2D eigenvalue weighted by Gasteiger charge is 2.25. The summed E-state index contributed by atoms with van der Waals surface area (Å²) in [6.07, 6.45) is 3.19. The molecule has 0 bridgehead atoms. The van der Waals surface area contributed by atoms with Crippen LogP contribution in [0.4, 0.5) is 14.5 Å². The second kappa shape index (κ2) is 5.04. The van der Waals surface area contributed by atoms with Crippen molar-refractivity contribution in [3.63, 3.8) is 0 Å². The summed E-state index contributed by atoms with van der Waals surface area (Å²) in [5.41, 5.74) is 3.44. The van der Waals surface area contributed by atoms with Crippen molar-refractivity contribution in [1.29, 1.82) is 0 Å². The van der Waals surface area contributed by atoms with Crippen molar-refractivity contribution in [2.45, 2.75) is 0 Å². The Morgan fingerprint density at radius 3 is 2.48 bits per heavy atom. The zero-order chi connectivity index (χ0) is 17.0. The average molecular weight is 332 g/mol. The van der Waals surface area contributed by atoms with Crippen LogP contribution in [0.25, 0.3) is 16.8 Å². The minimum atomic E-state index is -0.657. The monoisotopic (exact) mass is 332 g/mol. The first-order valence-corrected chi connectivity index (χ1v) is 7.69. The molecule has 0 saturated carbocycles. The molecule has 0 saturated heterocycles. The van der Waals surface area contributed by atoms with Gasteiger partial charge in [-0.1, -0.05) is 24.3 Å². The molecule has 0 amide bonds. The van der Waals surface area contributed by atoms with E-state index < -0.39 is 11.6 Å². The van der Waals surface area contributed by atoms with Gasteiger partial charge in [0.1, 0.15) is 29.2 Å². The summed E-state index contributed by atoms with van der Waals surface area (Å²) in [7, 11) is 0. The SMILES string of the molecule is Fc1cccc(F)c1C1=Nc2ccccc2-c2ncnn3ccc1c23. The lowest BCUT2D eigenvalue weighted by atomic mass is 10.0. The maximum absolute atomic E-state index is 14.4. The average Bonchev–Trinajstić information content (AvgIpc) is 2.99. The van der Waals surface area contributed by atoms with Crippen molar-refractivity contribution < 1.29 is 8.78 Å². The minimum Gasteiger partial charge on any atom is -0.247 e. The zero-order valence-electron chi connectivity index (χ0n) is 12.8. The summed E-state index contributed by atoms with van der Waals surface area (Å²) in [4.78, 5) is 8.99. The quantitative estimate of drug-likeness (QED) is 0.463. The Labute approximate surface area is 141 Å². The number of halogens is 2. The summed E-state index contributed by atoms with van der Waals surface area (Å²) in [5.74, 6) is -1.31. The molecule has 2 aromatic carbocycles. The van der Waals surface area contributed by atoms with E-state index in [9.17, 15) is 8.78 Å². The molecule has 0 N–H and O–H groups in total. The van der Waals surface area contributed by atoms with Crippen LogP contribution < -0.4 is 0 Å². The van der Waals surface area contributed by atoms with E-state index in [-0.39, 0.29) is 11.3 Å². The van der Waals surface area contributed by atoms with Gasteiger partial charge in [-0.05, 0) is 24.3 Å². The topological polar surface area (TPSA) is 42.5 Å². The lowest BCUT2D eigenvalue weighted by Gasteiger charge is -2.08. The fraction of sp³-hybridized carbons (Fsp3) is 0. The van der Waals surface area contributed by atoms with Gasteiger partial charge in [-0.25, -0.2) is 23.3 Å². The first kappa shape index (κ1) is 14.0. The molecule has 0 atom stereocenters. The molecule has 0 spiro atoms. The molecule has 5 rings (SSSR count). The van der Waals surface area contributed by atoms with Crippen LogP contribution in [0.1, 0.15) is 11.1 Å². The predicted molar refractivity (Wildman–Crippen MR) is 90.1 cm³/mol. The van der Waals surface area contributed by atoms with E-state index in [0.29, 0.717) is 22.5 Å². The number of benzene rings is 2. The van der Waals surface area contributed by atoms with Gasteiger partial charge < -0.3 is 0 Å². The van der Waals surface area contributed by atoms with E-state index in [1.165, 1.54) is 24.5 Å². The Balaban J connectivity index is 1.96. The van der Waals surface area contributed by atoms with Crippen LogP contribution >= 0.6 is 0 Å². The second-order valence-electron chi connectivity index (χ2n) is 5.71. The van der Waals surface area contributed by atoms with Crippen molar-refractivity contribution in [1.82, 2.24) is 14.6 Å². The summed E-state index contributed by atoms with van der Waals surface area (Å²) >= 11 is 0. The van der Waals surface area contributed by atoms with Gasteiger partial charge in [0.25, 0.3) is 0 Å². The molecule has 25 heavy (non-hydrogen) atoms. The standard InChI is InChI=1S/C19H10F2N4/c20-13-5-3-6-14(21)16(13)17-12-8-9-25-19(12)18(22-10-23-25)11-4-1-2-7-15(11)24-17/h1-10H. The van der Waals surface area contributed by atoms with Crippen molar-refractivity contribution in [3.05, 3.63) is 83.8 Å². The smallest absolute Gasteiger partial charge is 0.137 e.